The molecule has 3 N–H and O–H groups in total. The normalized spacial score (nSPS) is 10.7. The second-order valence-electron chi connectivity index (χ2n) is 3.16. The largest absolute Gasteiger partial charge is 0.465 e. The SMILES string of the molecule is CCOC(=O)C(Cc1ccccc1)NN.Cl.Cl. The number of rotatable bonds is 5. The van der Waals surface area contributed by atoms with E-state index in [1.165, 1.54) is 0 Å². The Hall–Kier alpha value is -0.810. The third-order valence-electron chi connectivity index (χ3n) is 2.05. The summed E-state index contributed by atoms with van der Waals surface area (Å²) in [5.41, 5.74) is 3.51. The topological polar surface area (TPSA) is 64.3 Å². The number of hydrogen-bond donors (Lipinski definition) is 2. The van der Waals surface area contributed by atoms with E-state index in [1.807, 2.05) is 30.3 Å². The summed E-state index contributed by atoms with van der Waals surface area (Å²) in [6.07, 6.45) is 0.538. The van der Waals surface area contributed by atoms with Gasteiger partial charge in [0.05, 0.1) is 6.61 Å². The van der Waals surface area contributed by atoms with Gasteiger partial charge >= 0.3 is 5.97 Å². The smallest absolute Gasteiger partial charge is 0.324 e. The highest BCUT2D eigenvalue weighted by molar-refractivity contribution is 5.85. The third-order valence-corrected chi connectivity index (χ3v) is 2.05. The molecule has 0 heterocycles. The van der Waals surface area contributed by atoms with Crippen molar-refractivity contribution in [2.24, 2.45) is 5.84 Å². The van der Waals surface area contributed by atoms with Gasteiger partial charge in [0.1, 0.15) is 6.04 Å². The van der Waals surface area contributed by atoms with E-state index in [1.54, 1.807) is 6.92 Å². The number of hydrogen-bond acceptors (Lipinski definition) is 4. The molecule has 0 spiro atoms. The molecule has 0 aliphatic carbocycles. The highest BCUT2D eigenvalue weighted by atomic mass is 35.5. The molecule has 0 saturated carbocycles. The lowest BCUT2D eigenvalue weighted by molar-refractivity contribution is -0.145. The molecule has 1 unspecified atom stereocenters. The van der Waals surface area contributed by atoms with Crippen LogP contribution in [0.25, 0.3) is 0 Å². The number of esters is 1. The molecule has 4 nitrogen and oxygen atoms in total. The Morgan fingerprint density at radius 3 is 2.41 bits per heavy atom. The van der Waals surface area contributed by atoms with E-state index in [0.717, 1.165) is 5.56 Å². The van der Waals surface area contributed by atoms with Crippen LogP contribution in [0, 0.1) is 0 Å². The maximum Gasteiger partial charge on any atom is 0.324 e. The Morgan fingerprint density at radius 1 is 1.35 bits per heavy atom. The molecule has 98 valence electrons. The fraction of sp³-hybridized carbons (Fsp3) is 0.364. The predicted molar refractivity (Wildman–Crippen MR) is 72.4 cm³/mol. The van der Waals surface area contributed by atoms with E-state index < -0.39 is 6.04 Å². The first-order chi connectivity index (χ1) is 7.27. The van der Waals surface area contributed by atoms with Gasteiger partial charge in [0.15, 0.2) is 0 Å². The Kier molecular flexibility index (Phi) is 11.3. The minimum atomic E-state index is -0.479. The van der Waals surface area contributed by atoms with E-state index in [4.69, 9.17) is 10.6 Å². The van der Waals surface area contributed by atoms with Crippen LogP contribution >= 0.6 is 24.8 Å². The van der Waals surface area contributed by atoms with Gasteiger partial charge in [-0.05, 0) is 18.9 Å². The van der Waals surface area contributed by atoms with Crippen LogP contribution in [0.4, 0.5) is 0 Å². The molecule has 1 rings (SSSR count). The molecular formula is C11H18Cl2N2O2. The van der Waals surface area contributed by atoms with E-state index in [9.17, 15) is 4.79 Å². The van der Waals surface area contributed by atoms with Gasteiger partial charge in [-0.25, -0.2) is 5.43 Å². The molecular weight excluding hydrogens is 263 g/mol. The Balaban J connectivity index is 0. The van der Waals surface area contributed by atoms with Crippen molar-refractivity contribution in [3.63, 3.8) is 0 Å². The zero-order chi connectivity index (χ0) is 11.1. The molecule has 17 heavy (non-hydrogen) atoms. The minimum Gasteiger partial charge on any atom is -0.465 e. The molecule has 1 aromatic rings. The summed E-state index contributed by atoms with van der Waals surface area (Å²) in [7, 11) is 0. The number of carbonyl (C=O) groups excluding carboxylic acids is 1. The van der Waals surface area contributed by atoms with Crippen LogP contribution in [0.15, 0.2) is 30.3 Å². The van der Waals surface area contributed by atoms with E-state index in [-0.39, 0.29) is 30.8 Å². The number of benzene rings is 1. The summed E-state index contributed by atoms with van der Waals surface area (Å²) in [6.45, 7) is 2.14. The second kappa shape index (κ2) is 10.4. The number of nitrogens with one attached hydrogen (secondary N) is 1. The molecule has 0 aromatic heterocycles. The average Bonchev–Trinajstić information content (AvgIpc) is 2.27. The van der Waals surface area contributed by atoms with Gasteiger partial charge in [0, 0.05) is 0 Å². The first-order valence-electron chi connectivity index (χ1n) is 4.94. The zero-order valence-electron chi connectivity index (χ0n) is 9.59. The Bertz CT molecular complexity index is 310. The maximum absolute atomic E-state index is 11.4. The second-order valence-corrected chi connectivity index (χ2v) is 3.16. The van der Waals surface area contributed by atoms with Crippen LogP contribution in [0.3, 0.4) is 0 Å². The van der Waals surface area contributed by atoms with Crippen molar-refractivity contribution in [3.05, 3.63) is 35.9 Å². The van der Waals surface area contributed by atoms with Crippen LogP contribution in [-0.2, 0) is 16.0 Å². The third kappa shape index (κ3) is 6.48. The van der Waals surface area contributed by atoms with Crippen LogP contribution in [-0.4, -0.2) is 18.6 Å². The summed E-state index contributed by atoms with van der Waals surface area (Å²) >= 11 is 0. The van der Waals surface area contributed by atoms with Gasteiger partial charge in [0.25, 0.3) is 0 Å². The van der Waals surface area contributed by atoms with Crippen molar-refractivity contribution in [3.8, 4) is 0 Å². The standard InChI is InChI=1S/C11H16N2O2.2ClH/c1-2-15-11(14)10(13-12)8-9-6-4-3-5-7-9;;/h3-7,10,13H,2,8,12H2,1H3;2*1H. The molecule has 0 aliphatic rings. The maximum atomic E-state index is 11.4. The first-order valence-corrected chi connectivity index (χ1v) is 4.94. The Labute approximate surface area is 114 Å². The summed E-state index contributed by atoms with van der Waals surface area (Å²) < 4.78 is 4.89. The molecule has 6 heteroatoms. The molecule has 0 radical (unpaired) electrons. The highest BCUT2D eigenvalue weighted by Crippen LogP contribution is 2.03. The number of carbonyl (C=O) groups is 1. The average molecular weight is 281 g/mol. The van der Waals surface area contributed by atoms with Gasteiger partial charge in [-0.3, -0.25) is 10.6 Å². The van der Waals surface area contributed by atoms with Crippen molar-refractivity contribution < 1.29 is 9.53 Å². The predicted octanol–water partition coefficient (Wildman–Crippen LogP) is 1.47. The fourth-order valence-corrected chi connectivity index (χ4v) is 1.30. The molecule has 0 aliphatic heterocycles. The summed E-state index contributed by atoms with van der Waals surface area (Å²) in [4.78, 5) is 11.4. The van der Waals surface area contributed by atoms with Crippen LogP contribution in [0.1, 0.15) is 12.5 Å². The quantitative estimate of drug-likeness (QED) is 0.487. The van der Waals surface area contributed by atoms with Gasteiger partial charge in [-0.1, -0.05) is 30.3 Å². The van der Waals surface area contributed by atoms with E-state index in [0.29, 0.717) is 13.0 Å². The van der Waals surface area contributed by atoms with Crippen molar-refractivity contribution >= 4 is 30.8 Å². The van der Waals surface area contributed by atoms with Crippen molar-refractivity contribution in [2.45, 2.75) is 19.4 Å². The minimum absolute atomic E-state index is 0. The summed E-state index contributed by atoms with van der Waals surface area (Å²) in [5, 5.41) is 0. The Morgan fingerprint density at radius 2 is 1.94 bits per heavy atom. The highest BCUT2D eigenvalue weighted by Gasteiger charge is 2.17. The van der Waals surface area contributed by atoms with Gasteiger partial charge in [-0.2, -0.15) is 0 Å². The monoisotopic (exact) mass is 280 g/mol. The van der Waals surface area contributed by atoms with E-state index in [2.05, 4.69) is 5.43 Å². The first kappa shape index (κ1) is 18.6. The van der Waals surface area contributed by atoms with Gasteiger partial charge < -0.3 is 4.74 Å². The van der Waals surface area contributed by atoms with Crippen LogP contribution < -0.4 is 11.3 Å². The number of halogens is 2. The van der Waals surface area contributed by atoms with Crippen molar-refractivity contribution in [2.75, 3.05) is 6.61 Å². The number of hydrazine groups is 1. The lowest BCUT2D eigenvalue weighted by Crippen LogP contribution is -2.43. The van der Waals surface area contributed by atoms with Gasteiger partial charge in [-0.15, -0.1) is 24.8 Å². The summed E-state index contributed by atoms with van der Waals surface area (Å²) in [5.74, 6) is 4.99. The lowest BCUT2D eigenvalue weighted by Gasteiger charge is -2.14. The van der Waals surface area contributed by atoms with E-state index >= 15 is 0 Å². The summed E-state index contributed by atoms with van der Waals surface area (Å²) in [6, 6.07) is 9.20. The molecule has 0 amide bonds. The number of nitrogens with two attached hydrogens (primary N) is 1. The van der Waals surface area contributed by atoms with Crippen LogP contribution in [0.5, 0.6) is 0 Å². The molecule has 1 atom stereocenters. The van der Waals surface area contributed by atoms with Crippen molar-refractivity contribution in [1.82, 2.24) is 5.43 Å². The van der Waals surface area contributed by atoms with Crippen LogP contribution in [0.2, 0.25) is 0 Å². The van der Waals surface area contributed by atoms with Gasteiger partial charge in [0.2, 0.25) is 0 Å². The van der Waals surface area contributed by atoms with Crippen molar-refractivity contribution in [1.29, 1.82) is 0 Å². The molecule has 0 bridgehead atoms. The fourth-order valence-electron chi connectivity index (χ4n) is 1.30. The molecule has 1 aromatic carbocycles. The zero-order valence-corrected chi connectivity index (χ0v) is 11.2. The number of ether oxygens (including phenoxy) is 1. The lowest BCUT2D eigenvalue weighted by atomic mass is 10.1. The molecule has 0 fully saturated rings. The molecule has 0 saturated heterocycles.